The third-order valence-electron chi connectivity index (χ3n) is 2.41. The Morgan fingerprint density at radius 2 is 2.06 bits per heavy atom. The molecular formula is C12H11NO3. The van der Waals surface area contributed by atoms with Gasteiger partial charge in [0.05, 0.1) is 0 Å². The summed E-state index contributed by atoms with van der Waals surface area (Å²) in [6.45, 7) is 1.58. The Labute approximate surface area is 92.6 Å². The van der Waals surface area contributed by atoms with Gasteiger partial charge < -0.3 is 9.52 Å². The zero-order valence-electron chi connectivity index (χ0n) is 8.75. The molecule has 0 radical (unpaired) electrons. The summed E-state index contributed by atoms with van der Waals surface area (Å²) in [5.74, 6) is -1.23. The van der Waals surface area contributed by atoms with Gasteiger partial charge in [0.2, 0.25) is 0 Å². The third kappa shape index (κ3) is 1.82. The zero-order valence-corrected chi connectivity index (χ0v) is 8.75. The van der Waals surface area contributed by atoms with Crippen molar-refractivity contribution in [2.75, 3.05) is 0 Å². The Balaban J connectivity index is 2.44. The van der Waals surface area contributed by atoms with Crippen LogP contribution in [0.1, 0.15) is 18.6 Å². The average molecular weight is 217 g/mol. The largest absolute Gasteiger partial charge is 0.481 e. The van der Waals surface area contributed by atoms with Crippen LogP contribution >= 0.6 is 0 Å². The van der Waals surface area contributed by atoms with E-state index in [9.17, 15) is 4.79 Å². The highest BCUT2D eigenvalue weighted by atomic mass is 16.4. The Morgan fingerprint density at radius 1 is 1.38 bits per heavy atom. The maximum Gasteiger partial charge on any atom is 0.314 e. The van der Waals surface area contributed by atoms with Gasteiger partial charge in [-0.1, -0.05) is 30.3 Å². The van der Waals surface area contributed by atoms with Crippen LogP contribution in [-0.2, 0) is 4.79 Å². The summed E-state index contributed by atoms with van der Waals surface area (Å²) in [5.41, 5.74) is 1.45. The first-order valence-electron chi connectivity index (χ1n) is 4.91. The first-order valence-corrected chi connectivity index (χ1v) is 4.91. The van der Waals surface area contributed by atoms with Gasteiger partial charge in [0.1, 0.15) is 17.4 Å². The molecule has 16 heavy (non-hydrogen) atoms. The first-order chi connectivity index (χ1) is 7.70. The topological polar surface area (TPSA) is 63.3 Å². The summed E-state index contributed by atoms with van der Waals surface area (Å²) in [4.78, 5) is 15.0. The summed E-state index contributed by atoms with van der Waals surface area (Å²) >= 11 is 0. The lowest BCUT2D eigenvalue weighted by Crippen LogP contribution is -2.07. The molecule has 4 heteroatoms. The normalized spacial score (nSPS) is 12.3. The molecule has 0 aliphatic carbocycles. The van der Waals surface area contributed by atoms with Crippen LogP contribution < -0.4 is 0 Å². The molecule has 1 heterocycles. The number of benzene rings is 1. The van der Waals surface area contributed by atoms with E-state index in [-0.39, 0.29) is 0 Å². The minimum absolute atomic E-state index is 0.388. The monoisotopic (exact) mass is 217 g/mol. The number of nitrogens with zero attached hydrogens (tertiary/aromatic N) is 1. The number of carbonyl (C=O) groups is 1. The molecule has 1 atom stereocenters. The lowest BCUT2D eigenvalue weighted by Gasteiger charge is -2.04. The second-order valence-corrected chi connectivity index (χ2v) is 3.49. The van der Waals surface area contributed by atoms with Gasteiger partial charge in [-0.25, -0.2) is 4.98 Å². The highest BCUT2D eigenvalue weighted by Gasteiger charge is 2.22. The van der Waals surface area contributed by atoms with Crippen molar-refractivity contribution < 1.29 is 14.3 Å². The van der Waals surface area contributed by atoms with E-state index in [1.165, 1.54) is 6.39 Å². The predicted octanol–water partition coefficient (Wildman–Crippen LogP) is 2.53. The van der Waals surface area contributed by atoms with Crippen molar-refractivity contribution in [3.05, 3.63) is 42.5 Å². The molecular weight excluding hydrogens is 206 g/mol. The van der Waals surface area contributed by atoms with Gasteiger partial charge in [0.15, 0.2) is 6.39 Å². The minimum Gasteiger partial charge on any atom is -0.481 e. The fourth-order valence-corrected chi connectivity index (χ4v) is 1.49. The zero-order chi connectivity index (χ0) is 11.5. The predicted molar refractivity (Wildman–Crippen MR) is 58.0 cm³/mol. The van der Waals surface area contributed by atoms with Crippen LogP contribution in [0.25, 0.3) is 11.3 Å². The highest BCUT2D eigenvalue weighted by Crippen LogP contribution is 2.27. The van der Waals surface area contributed by atoms with Crippen molar-refractivity contribution in [2.24, 2.45) is 0 Å². The van der Waals surface area contributed by atoms with E-state index in [2.05, 4.69) is 4.98 Å². The number of carboxylic acid groups (broad SMARTS) is 1. The minimum atomic E-state index is -0.922. The van der Waals surface area contributed by atoms with E-state index < -0.39 is 11.9 Å². The second-order valence-electron chi connectivity index (χ2n) is 3.49. The molecule has 82 valence electrons. The van der Waals surface area contributed by atoms with Gasteiger partial charge in [0, 0.05) is 5.56 Å². The number of oxazole rings is 1. The van der Waals surface area contributed by atoms with Crippen LogP contribution in [-0.4, -0.2) is 16.1 Å². The van der Waals surface area contributed by atoms with Gasteiger partial charge in [-0.05, 0) is 6.92 Å². The quantitative estimate of drug-likeness (QED) is 0.858. The summed E-state index contributed by atoms with van der Waals surface area (Å²) in [6.07, 6.45) is 1.27. The van der Waals surface area contributed by atoms with Crippen molar-refractivity contribution in [3.8, 4) is 11.3 Å². The Hall–Kier alpha value is -2.10. The molecule has 2 aromatic rings. The number of rotatable bonds is 3. The second kappa shape index (κ2) is 4.18. The van der Waals surface area contributed by atoms with Gasteiger partial charge >= 0.3 is 5.97 Å². The van der Waals surface area contributed by atoms with E-state index in [1.807, 2.05) is 30.3 Å². The number of aliphatic carboxylic acids is 1. The Kier molecular flexibility index (Phi) is 2.72. The fraction of sp³-hybridized carbons (Fsp3) is 0.167. The van der Waals surface area contributed by atoms with Gasteiger partial charge in [-0.15, -0.1) is 0 Å². The summed E-state index contributed by atoms with van der Waals surface area (Å²) in [6, 6.07) is 9.38. The molecule has 0 fully saturated rings. The maximum absolute atomic E-state index is 10.9. The summed E-state index contributed by atoms with van der Waals surface area (Å²) < 4.78 is 5.15. The SMILES string of the molecule is CC(C(=O)O)c1ocnc1-c1ccccc1. The van der Waals surface area contributed by atoms with Crippen molar-refractivity contribution in [1.82, 2.24) is 4.98 Å². The summed E-state index contributed by atoms with van der Waals surface area (Å²) in [7, 11) is 0. The van der Waals surface area contributed by atoms with Crippen molar-refractivity contribution in [3.63, 3.8) is 0 Å². The molecule has 1 unspecified atom stereocenters. The molecule has 0 bridgehead atoms. The summed E-state index contributed by atoms with van der Waals surface area (Å²) in [5, 5.41) is 8.94. The maximum atomic E-state index is 10.9. The van der Waals surface area contributed by atoms with E-state index in [1.54, 1.807) is 6.92 Å². The van der Waals surface area contributed by atoms with Crippen molar-refractivity contribution in [2.45, 2.75) is 12.8 Å². The standard InChI is InChI=1S/C12H11NO3/c1-8(12(14)15)11-10(13-7-16-11)9-5-3-2-4-6-9/h2-8H,1H3,(H,14,15). The smallest absolute Gasteiger partial charge is 0.314 e. The van der Waals surface area contributed by atoms with Gasteiger partial charge in [0.25, 0.3) is 0 Å². The third-order valence-corrected chi connectivity index (χ3v) is 2.41. The van der Waals surface area contributed by atoms with Crippen LogP contribution in [0.2, 0.25) is 0 Å². The first kappa shape index (κ1) is 10.4. The van der Waals surface area contributed by atoms with E-state index in [0.29, 0.717) is 11.5 Å². The molecule has 0 aliphatic heterocycles. The molecule has 0 spiro atoms. The van der Waals surface area contributed by atoms with Crippen LogP contribution in [0.3, 0.4) is 0 Å². The molecule has 1 N–H and O–H groups in total. The average Bonchev–Trinajstić information content (AvgIpc) is 2.77. The fourth-order valence-electron chi connectivity index (χ4n) is 1.49. The van der Waals surface area contributed by atoms with Crippen molar-refractivity contribution >= 4 is 5.97 Å². The van der Waals surface area contributed by atoms with Gasteiger partial charge in [-0.2, -0.15) is 0 Å². The number of aromatic nitrogens is 1. The molecule has 4 nitrogen and oxygen atoms in total. The number of carboxylic acids is 1. The highest BCUT2D eigenvalue weighted by molar-refractivity contribution is 5.77. The lowest BCUT2D eigenvalue weighted by molar-refractivity contribution is -0.138. The van der Waals surface area contributed by atoms with Crippen LogP contribution in [0.4, 0.5) is 0 Å². The Bertz CT molecular complexity index is 490. The van der Waals surface area contributed by atoms with E-state index in [4.69, 9.17) is 9.52 Å². The number of hydrogen-bond donors (Lipinski definition) is 1. The molecule has 2 rings (SSSR count). The molecule has 0 saturated carbocycles. The molecule has 0 amide bonds. The van der Waals surface area contributed by atoms with Crippen LogP contribution in [0.15, 0.2) is 41.1 Å². The van der Waals surface area contributed by atoms with Crippen molar-refractivity contribution in [1.29, 1.82) is 0 Å². The van der Waals surface area contributed by atoms with Crippen LogP contribution in [0, 0.1) is 0 Å². The molecule has 1 aromatic heterocycles. The molecule has 0 saturated heterocycles. The Morgan fingerprint density at radius 3 is 2.69 bits per heavy atom. The lowest BCUT2D eigenvalue weighted by atomic mass is 10.0. The molecule has 1 aromatic carbocycles. The van der Waals surface area contributed by atoms with Gasteiger partial charge in [-0.3, -0.25) is 4.79 Å². The molecule has 0 aliphatic rings. The van der Waals surface area contributed by atoms with E-state index in [0.717, 1.165) is 5.56 Å². The number of hydrogen-bond acceptors (Lipinski definition) is 3. The van der Waals surface area contributed by atoms with E-state index >= 15 is 0 Å². The van der Waals surface area contributed by atoms with Crippen LogP contribution in [0.5, 0.6) is 0 Å².